The smallest absolute Gasteiger partial charge is 0.290 e. The van der Waals surface area contributed by atoms with Gasteiger partial charge in [-0.15, -0.1) is 0 Å². The number of benzene rings is 3. The molecule has 3 rings (SSSR count). The van der Waals surface area contributed by atoms with Crippen LogP contribution in [0.4, 0.5) is 0 Å². The fraction of sp³-hybridized carbons (Fsp3) is 0.389. The van der Waals surface area contributed by atoms with Crippen molar-refractivity contribution in [3.8, 4) is 0 Å². The molecule has 0 spiro atoms. The number of primary amides is 1. The lowest BCUT2D eigenvalue weighted by molar-refractivity contribution is -0.142. The Bertz CT molecular complexity index is 1600. The lowest BCUT2D eigenvalue weighted by Gasteiger charge is -2.32. The Morgan fingerprint density at radius 2 is 1.40 bits per heavy atom. The SMILES string of the molecule is CC[C@H](C)C(NC(=O)C(NC(=O)Cc1ccccc1)C(C)(C)C)C(=O)C(=O)NCC(=O)NC(Cc1ccc2ccccc2c1)C(N)=O. The number of carbonyl (C=O) groups is 6. The molecule has 0 fully saturated rings. The second-order valence-corrected chi connectivity index (χ2v) is 12.9. The van der Waals surface area contributed by atoms with Gasteiger partial charge in [0.15, 0.2) is 0 Å². The molecule has 6 N–H and O–H groups in total. The maximum atomic E-state index is 13.5. The van der Waals surface area contributed by atoms with Crippen LogP contribution in [-0.2, 0) is 41.6 Å². The molecule has 0 aliphatic heterocycles. The average molecular weight is 644 g/mol. The summed E-state index contributed by atoms with van der Waals surface area (Å²) in [7, 11) is 0. The first-order valence-corrected chi connectivity index (χ1v) is 15.7. The van der Waals surface area contributed by atoms with Gasteiger partial charge in [-0.3, -0.25) is 28.8 Å². The Hall–Kier alpha value is -5.06. The first-order valence-electron chi connectivity index (χ1n) is 15.7. The summed E-state index contributed by atoms with van der Waals surface area (Å²) in [6.45, 7) is 8.28. The number of amides is 5. The first kappa shape index (κ1) is 36.4. The molecule has 47 heavy (non-hydrogen) atoms. The minimum Gasteiger partial charge on any atom is -0.368 e. The van der Waals surface area contributed by atoms with Crippen LogP contribution >= 0.6 is 0 Å². The quantitative estimate of drug-likeness (QED) is 0.159. The molecule has 0 radical (unpaired) electrons. The number of hydrogen-bond donors (Lipinski definition) is 5. The topological polar surface area (TPSA) is 177 Å². The fourth-order valence-corrected chi connectivity index (χ4v) is 5.07. The Labute approximate surface area is 275 Å². The van der Waals surface area contributed by atoms with Gasteiger partial charge in [0.25, 0.3) is 5.91 Å². The highest BCUT2D eigenvalue weighted by Gasteiger charge is 2.37. The van der Waals surface area contributed by atoms with Gasteiger partial charge in [0.2, 0.25) is 29.4 Å². The molecule has 0 aromatic heterocycles. The van der Waals surface area contributed by atoms with E-state index in [2.05, 4.69) is 21.3 Å². The molecule has 0 bridgehead atoms. The summed E-state index contributed by atoms with van der Waals surface area (Å²) in [6, 6.07) is 19.2. The first-order chi connectivity index (χ1) is 22.2. The predicted octanol–water partition coefficient (Wildman–Crippen LogP) is 2.34. The summed E-state index contributed by atoms with van der Waals surface area (Å²) in [6.07, 6.45) is 0.662. The van der Waals surface area contributed by atoms with Gasteiger partial charge in [-0.25, -0.2) is 0 Å². The van der Waals surface area contributed by atoms with Crippen molar-refractivity contribution >= 4 is 46.1 Å². The molecule has 11 nitrogen and oxygen atoms in total. The summed E-state index contributed by atoms with van der Waals surface area (Å²) in [5, 5.41) is 12.3. The van der Waals surface area contributed by atoms with Crippen molar-refractivity contribution in [1.29, 1.82) is 0 Å². The van der Waals surface area contributed by atoms with E-state index in [-0.39, 0.29) is 18.7 Å². The van der Waals surface area contributed by atoms with Crippen molar-refractivity contribution in [2.24, 2.45) is 17.1 Å². The zero-order valence-electron chi connectivity index (χ0n) is 27.6. The lowest BCUT2D eigenvalue weighted by Crippen LogP contribution is -2.59. The van der Waals surface area contributed by atoms with E-state index in [1.807, 2.05) is 67.6 Å². The van der Waals surface area contributed by atoms with Gasteiger partial charge >= 0.3 is 0 Å². The summed E-state index contributed by atoms with van der Waals surface area (Å²) in [5.41, 5.74) is 6.39. The van der Waals surface area contributed by atoms with Gasteiger partial charge in [-0.05, 0) is 33.2 Å². The van der Waals surface area contributed by atoms with Crippen LogP contribution in [0.2, 0.25) is 0 Å². The summed E-state index contributed by atoms with van der Waals surface area (Å²) < 4.78 is 0. The van der Waals surface area contributed by atoms with Gasteiger partial charge in [0.1, 0.15) is 12.1 Å². The number of nitrogens with two attached hydrogens (primary N) is 1. The molecule has 250 valence electrons. The molecule has 5 amide bonds. The Balaban J connectivity index is 1.62. The minimum atomic E-state index is -1.21. The predicted molar refractivity (Wildman–Crippen MR) is 180 cm³/mol. The second kappa shape index (κ2) is 16.5. The molecule has 0 aliphatic carbocycles. The van der Waals surface area contributed by atoms with Crippen LogP contribution in [-0.4, -0.2) is 60.0 Å². The average Bonchev–Trinajstić information content (AvgIpc) is 3.03. The van der Waals surface area contributed by atoms with E-state index in [0.29, 0.717) is 6.42 Å². The van der Waals surface area contributed by atoms with Crippen LogP contribution in [0.5, 0.6) is 0 Å². The maximum Gasteiger partial charge on any atom is 0.290 e. The number of fused-ring (bicyclic) bond motifs is 1. The lowest BCUT2D eigenvalue weighted by atomic mass is 9.85. The highest BCUT2D eigenvalue weighted by Crippen LogP contribution is 2.21. The molecular weight excluding hydrogens is 598 g/mol. The summed E-state index contributed by atoms with van der Waals surface area (Å²) in [5.74, 6) is -4.89. The summed E-state index contributed by atoms with van der Waals surface area (Å²) >= 11 is 0. The third-order valence-electron chi connectivity index (χ3n) is 8.00. The monoisotopic (exact) mass is 643 g/mol. The summed E-state index contributed by atoms with van der Waals surface area (Å²) in [4.78, 5) is 77.4. The third-order valence-corrected chi connectivity index (χ3v) is 8.00. The standard InChI is InChI=1S/C36H45N5O6/c1-6-22(2)30(41-35(47)32(36(3,4)5)40-28(42)20-23-12-8-7-9-13-23)31(44)34(46)38-21-29(43)39-27(33(37)45)19-24-16-17-25-14-10-11-15-26(25)18-24/h7-18,22,27,30,32H,6,19-21H2,1-5H3,(H2,37,45)(H,38,46)(H,39,43)(H,40,42)(H,41,47)/t22-,27?,30?,32?/m0/s1. The van der Waals surface area contributed by atoms with Crippen molar-refractivity contribution in [2.45, 2.75) is 72.0 Å². The van der Waals surface area contributed by atoms with Gasteiger partial charge in [0.05, 0.1) is 19.0 Å². The van der Waals surface area contributed by atoms with Gasteiger partial charge in [-0.2, -0.15) is 0 Å². The van der Waals surface area contributed by atoms with E-state index in [4.69, 9.17) is 5.73 Å². The van der Waals surface area contributed by atoms with Crippen molar-refractivity contribution < 1.29 is 28.8 Å². The van der Waals surface area contributed by atoms with Gasteiger partial charge < -0.3 is 27.0 Å². The van der Waals surface area contributed by atoms with Crippen LogP contribution in [0.1, 0.15) is 52.2 Å². The largest absolute Gasteiger partial charge is 0.368 e. The van der Waals surface area contributed by atoms with E-state index in [1.165, 1.54) is 0 Å². The van der Waals surface area contributed by atoms with E-state index in [0.717, 1.165) is 21.9 Å². The zero-order valence-corrected chi connectivity index (χ0v) is 27.6. The normalized spacial score (nSPS) is 13.8. The number of carbonyl (C=O) groups excluding carboxylic acids is 6. The van der Waals surface area contributed by atoms with Crippen molar-refractivity contribution in [3.63, 3.8) is 0 Å². The van der Waals surface area contributed by atoms with Gasteiger partial charge in [-0.1, -0.05) is 114 Å². The minimum absolute atomic E-state index is 0.0672. The van der Waals surface area contributed by atoms with Crippen LogP contribution < -0.4 is 27.0 Å². The zero-order chi connectivity index (χ0) is 34.7. The van der Waals surface area contributed by atoms with Crippen molar-refractivity contribution in [1.82, 2.24) is 21.3 Å². The number of nitrogens with one attached hydrogen (secondary N) is 4. The second-order valence-electron chi connectivity index (χ2n) is 12.9. The molecule has 11 heteroatoms. The Morgan fingerprint density at radius 3 is 2.02 bits per heavy atom. The molecule has 0 heterocycles. The van der Waals surface area contributed by atoms with Crippen LogP contribution in [0.3, 0.4) is 0 Å². The van der Waals surface area contributed by atoms with E-state index >= 15 is 0 Å². The van der Waals surface area contributed by atoms with Crippen molar-refractivity contribution in [2.75, 3.05) is 6.54 Å². The van der Waals surface area contributed by atoms with E-state index in [9.17, 15) is 28.8 Å². The van der Waals surface area contributed by atoms with Crippen LogP contribution in [0.15, 0.2) is 72.8 Å². The number of hydrogen-bond acceptors (Lipinski definition) is 6. The van der Waals surface area contributed by atoms with E-state index < -0.39 is 65.4 Å². The maximum absolute atomic E-state index is 13.5. The Morgan fingerprint density at radius 1 is 0.766 bits per heavy atom. The van der Waals surface area contributed by atoms with E-state index in [1.54, 1.807) is 39.8 Å². The Kier molecular flexibility index (Phi) is 12.8. The fourth-order valence-electron chi connectivity index (χ4n) is 5.07. The molecular formula is C36H45N5O6. The molecule has 3 unspecified atom stereocenters. The van der Waals surface area contributed by atoms with Crippen LogP contribution in [0, 0.1) is 11.3 Å². The number of ketones is 1. The molecule has 3 aromatic carbocycles. The van der Waals surface area contributed by atoms with Crippen molar-refractivity contribution in [3.05, 3.63) is 83.9 Å². The molecule has 0 saturated heterocycles. The number of Topliss-reactive ketones (excluding diaryl/α,β-unsaturated/α-hetero) is 1. The molecule has 3 aromatic rings. The highest BCUT2D eigenvalue weighted by molar-refractivity contribution is 6.38. The molecule has 0 saturated carbocycles. The molecule has 4 atom stereocenters. The van der Waals surface area contributed by atoms with Gasteiger partial charge in [0, 0.05) is 6.42 Å². The third kappa shape index (κ3) is 10.8. The highest BCUT2D eigenvalue weighted by atomic mass is 16.2. The number of rotatable bonds is 15. The molecule has 0 aliphatic rings. The van der Waals surface area contributed by atoms with Crippen LogP contribution in [0.25, 0.3) is 10.8 Å².